The van der Waals surface area contributed by atoms with Crippen LogP contribution in [0.1, 0.15) is 59.7 Å². The van der Waals surface area contributed by atoms with E-state index in [-0.39, 0.29) is 23.2 Å². The van der Waals surface area contributed by atoms with Crippen LogP contribution in [0, 0.1) is 6.92 Å². The van der Waals surface area contributed by atoms with Gasteiger partial charge in [0.1, 0.15) is 24.1 Å². The number of piperidine rings is 1. The number of fused-ring (bicyclic) bond motifs is 3. The molecule has 3 saturated heterocycles. The smallest absolute Gasteiger partial charge is 0.340 e. The molecular formula is C33H40N2O10. The largest absolute Gasteiger partial charge is 0.496 e. The van der Waals surface area contributed by atoms with E-state index in [1.807, 2.05) is 25.3 Å². The Hall–Kier alpha value is -3.52. The summed E-state index contributed by atoms with van der Waals surface area (Å²) in [6.45, 7) is 5.36. The maximum atomic E-state index is 13.1. The van der Waals surface area contributed by atoms with Gasteiger partial charge < -0.3 is 44.4 Å². The summed E-state index contributed by atoms with van der Waals surface area (Å²) in [6.07, 6.45) is -3.58. The number of carbonyl (C=O) groups excluding carboxylic acids is 1. The van der Waals surface area contributed by atoms with Crippen molar-refractivity contribution in [1.29, 1.82) is 0 Å². The number of benzene rings is 2. The second kappa shape index (κ2) is 12.3. The van der Waals surface area contributed by atoms with E-state index in [1.165, 1.54) is 0 Å². The Morgan fingerprint density at radius 1 is 1.11 bits per heavy atom. The molecular weight excluding hydrogens is 584 g/mol. The average molecular weight is 625 g/mol. The van der Waals surface area contributed by atoms with Crippen molar-refractivity contribution in [1.82, 2.24) is 9.88 Å². The third-order valence-corrected chi connectivity index (χ3v) is 9.74. The van der Waals surface area contributed by atoms with E-state index in [0.717, 1.165) is 59.0 Å². The lowest BCUT2D eigenvalue weighted by Gasteiger charge is -2.48. The molecule has 1 aromatic heterocycles. The summed E-state index contributed by atoms with van der Waals surface area (Å²) in [6, 6.07) is 11.5. The van der Waals surface area contributed by atoms with E-state index < -0.39 is 42.6 Å². The molecule has 5 N–H and O–H groups in total. The summed E-state index contributed by atoms with van der Waals surface area (Å²) < 4.78 is 22.4. The molecule has 3 aliphatic heterocycles. The molecule has 6 rings (SSSR count). The maximum Gasteiger partial charge on any atom is 0.340 e. The second-order valence-corrected chi connectivity index (χ2v) is 12.2. The minimum absolute atomic E-state index is 0.0875. The Balaban J connectivity index is 1.28. The number of aromatic amines is 1. The molecule has 8 atom stereocenters. The van der Waals surface area contributed by atoms with Crippen LogP contribution in [0.25, 0.3) is 10.9 Å². The number of carboxylic acid groups (broad SMARTS) is 1. The number of nitrogens with zero attached hydrogens (tertiary/aromatic N) is 1. The molecule has 0 radical (unpaired) electrons. The van der Waals surface area contributed by atoms with Gasteiger partial charge in [-0.3, -0.25) is 4.90 Å². The number of rotatable bonds is 9. The number of aliphatic carboxylic acids is 1. The van der Waals surface area contributed by atoms with Crippen molar-refractivity contribution in [2.24, 2.45) is 0 Å². The van der Waals surface area contributed by atoms with Gasteiger partial charge in [-0.15, -0.1) is 0 Å². The van der Waals surface area contributed by atoms with Gasteiger partial charge in [0.05, 0.1) is 18.8 Å². The molecule has 2 bridgehead atoms. The van der Waals surface area contributed by atoms with Crippen molar-refractivity contribution < 1.29 is 49.0 Å². The van der Waals surface area contributed by atoms with Crippen molar-refractivity contribution in [3.63, 3.8) is 0 Å². The van der Waals surface area contributed by atoms with Gasteiger partial charge in [-0.1, -0.05) is 12.1 Å². The topological polar surface area (TPSA) is 171 Å². The maximum absolute atomic E-state index is 13.1. The van der Waals surface area contributed by atoms with Crippen LogP contribution < -0.4 is 4.74 Å². The lowest BCUT2D eigenvalue weighted by molar-refractivity contribution is -0.278. The third kappa shape index (κ3) is 5.49. The predicted molar refractivity (Wildman–Crippen MR) is 161 cm³/mol. The molecule has 45 heavy (non-hydrogen) atoms. The highest BCUT2D eigenvalue weighted by Crippen LogP contribution is 2.53. The first-order chi connectivity index (χ1) is 21.6. The van der Waals surface area contributed by atoms with Gasteiger partial charge in [-0.2, -0.15) is 0 Å². The molecule has 242 valence electrons. The van der Waals surface area contributed by atoms with Gasteiger partial charge in [0.15, 0.2) is 6.10 Å². The highest BCUT2D eigenvalue weighted by Gasteiger charge is 2.53. The molecule has 2 aromatic carbocycles. The van der Waals surface area contributed by atoms with Crippen LogP contribution in [0.5, 0.6) is 5.75 Å². The second-order valence-electron chi connectivity index (χ2n) is 12.2. The van der Waals surface area contributed by atoms with Gasteiger partial charge in [-0.25, -0.2) is 9.59 Å². The molecule has 3 aliphatic rings. The number of esters is 1. The number of hydrogen-bond donors (Lipinski definition) is 5. The summed E-state index contributed by atoms with van der Waals surface area (Å²) in [5.41, 5.74) is 4.14. The fourth-order valence-corrected chi connectivity index (χ4v) is 7.54. The molecule has 0 aliphatic carbocycles. The summed E-state index contributed by atoms with van der Waals surface area (Å²) in [4.78, 5) is 30.4. The molecule has 4 heterocycles. The lowest BCUT2D eigenvalue weighted by atomic mass is 9.79. The van der Waals surface area contributed by atoms with E-state index in [9.17, 15) is 30.0 Å². The monoisotopic (exact) mass is 624 g/mol. The van der Waals surface area contributed by atoms with Gasteiger partial charge in [-0.05, 0) is 74.9 Å². The number of carboxylic acids is 1. The van der Waals surface area contributed by atoms with Crippen LogP contribution in [0.4, 0.5) is 0 Å². The standard InChI is InChI=1S/C33H40N2O10/c1-4-43-21-14-20-9-11-33(15-21,35(20)16-23-22-10-12-34-25(22)17(2)13-24(23)42-3)19-7-5-18(6-8-19)31(41)45-32-28(38)26(36)27(37)29(44-32)30(39)40/h5-8,10,12-13,20-21,26-29,32,34,36-38H,4,9,11,14-16H2,1-3H3,(H,39,40)/t20-,21+,26+,27+,28-,29+,32+,33?/m1/s1. The van der Waals surface area contributed by atoms with Crippen LogP contribution in [0.3, 0.4) is 0 Å². The molecule has 1 unspecified atom stereocenters. The number of H-pyrrole nitrogens is 1. The molecule has 0 amide bonds. The highest BCUT2D eigenvalue weighted by atomic mass is 16.7. The number of aromatic nitrogens is 1. The molecule has 12 heteroatoms. The van der Waals surface area contributed by atoms with Crippen LogP contribution in [-0.4, -0.2) is 98.8 Å². The number of nitrogens with one attached hydrogen (secondary N) is 1. The third-order valence-electron chi connectivity index (χ3n) is 9.74. The number of methoxy groups -OCH3 is 1. The molecule has 3 aromatic rings. The normalized spacial score (nSPS) is 31.6. The van der Waals surface area contributed by atoms with E-state index in [2.05, 4.69) is 28.9 Å². The first-order valence-electron chi connectivity index (χ1n) is 15.3. The number of hydrogen-bond acceptors (Lipinski definition) is 10. The minimum Gasteiger partial charge on any atom is -0.496 e. The zero-order valence-corrected chi connectivity index (χ0v) is 25.5. The van der Waals surface area contributed by atoms with E-state index >= 15 is 0 Å². The Kier molecular flexibility index (Phi) is 8.63. The molecule has 3 fully saturated rings. The molecule has 0 spiro atoms. The SMILES string of the molecule is CCO[C@H]1C[C@H]2CCC(c3ccc(C(=O)O[C@@H]4O[C@H](C(=O)O)[C@@H](O)[C@H](O)[C@H]4O)cc3)(C1)N2Cc1c(OC)cc(C)c2[nH]ccc12. The fourth-order valence-electron chi connectivity index (χ4n) is 7.54. The minimum atomic E-state index is -1.88. The number of aliphatic hydroxyl groups excluding tert-OH is 3. The number of aryl methyl sites for hydroxylation is 1. The van der Waals surface area contributed by atoms with Crippen LogP contribution >= 0.6 is 0 Å². The van der Waals surface area contributed by atoms with Crippen molar-refractivity contribution in [3.05, 3.63) is 64.8 Å². The van der Waals surface area contributed by atoms with Crippen molar-refractivity contribution >= 4 is 22.8 Å². The number of carbonyl (C=O) groups is 2. The highest BCUT2D eigenvalue weighted by molar-refractivity contribution is 5.90. The zero-order chi connectivity index (χ0) is 32.0. The Bertz CT molecular complexity index is 1560. The Morgan fingerprint density at radius 2 is 1.87 bits per heavy atom. The van der Waals surface area contributed by atoms with Gasteiger partial charge in [0.2, 0.25) is 6.29 Å². The molecule has 12 nitrogen and oxygen atoms in total. The summed E-state index contributed by atoms with van der Waals surface area (Å²) in [5, 5.41) is 40.7. The zero-order valence-electron chi connectivity index (χ0n) is 25.5. The summed E-state index contributed by atoms with van der Waals surface area (Å²) in [5.74, 6) is -1.59. The van der Waals surface area contributed by atoms with E-state index in [4.69, 9.17) is 18.9 Å². The first-order valence-corrected chi connectivity index (χ1v) is 15.3. The van der Waals surface area contributed by atoms with E-state index in [0.29, 0.717) is 13.2 Å². The van der Waals surface area contributed by atoms with E-state index in [1.54, 1.807) is 19.2 Å². The number of aliphatic hydroxyl groups is 3. The summed E-state index contributed by atoms with van der Waals surface area (Å²) in [7, 11) is 1.70. The summed E-state index contributed by atoms with van der Waals surface area (Å²) >= 11 is 0. The van der Waals surface area contributed by atoms with Gasteiger partial charge >= 0.3 is 11.9 Å². The van der Waals surface area contributed by atoms with Crippen molar-refractivity contribution in [2.75, 3.05) is 13.7 Å². The fraction of sp³-hybridized carbons (Fsp3) is 0.515. The van der Waals surface area contributed by atoms with Crippen LogP contribution in [-0.2, 0) is 31.1 Å². The average Bonchev–Trinajstić information content (AvgIpc) is 3.60. The first kappa shape index (κ1) is 31.5. The Labute approximate surface area is 260 Å². The van der Waals surface area contributed by atoms with Gasteiger partial charge in [0, 0.05) is 47.4 Å². The Morgan fingerprint density at radius 3 is 2.56 bits per heavy atom. The van der Waals surface area contributed by atoms with Gasteiger partial charge in [0.25, 0.3) is 0 Å². The van der Waals surface area contributed by atoms with Crippen LogP contribution in [0.2, 0.25) is 0 Å². The van der Waals surface area contributed by atoms with Crippen LogP contribution in [0.15, 0.2) is 42.6 Å². The molecule has 0 saturated carbocycles. The van der Waals surface area contributed by atoms with Crippen molar-refractivity contribution in [2.45, 2.75) is 94.5 Å². The quantitative estimate of drug-likeness (QED) is 0.222. The van der Waals surface area contributed by atoms with Crippen molar-refractivity contribution in [3.8, 4) is 5.75 Å². The number of ether oxygens (including phenoxy) is 4. The lowest BCUT2D eigenvalue weighted by Crippen LogP contribution is -2.60. The predicted octanol–water partition coefficient (Wildman–Crippen LogP) is 2.59.